The number of hydrogen-bond donors (Lipinski definition) is 7. The number of nitrogens with zero attached hydrogens (tertiary/aromatic N) is 7. The lowest BCUT2D eigenvalue weighted by Gasteiger charge is -2.36. The molecule has 4 aromatic rings. The fourth-order valence-corrected chi connectivity index (χ4v) is 6.16. The molecule has 18 nitrogen and oxygen atoms in total. The summed E-state index contributed by atoms with van der Waals surface area (Å²) in [5.74, 6) is -1.21. The third kappa shape index (κ3) is 6.68. The molecule has 0 aliphatic heterocycles. The van der Waals surface area contributed by atoms with Crippen LogP contribution in [0.15, 0.2) is 23.8 Å². The van der Waals surface area contributed by atoms with Gasteiger partial charge in [-0.15, -0.1) is 9.24 Å². The SMILES string of the molecule is CCC(C(O)n1cnc2c(N)ncnc21)C(C)(O)COP(=O)(O)OC(C(C)P)C(F)C(O)n1cnc2c(=O)[nH]c(N)nc21. The van der Waals surface area contributed by atoms with Crippen LogP contribution in [-0.4, -0.2) is 89.4 Å². The molecule has 0 aliphatic rings. The van der Waals surface area contributed by atoms with E-state index in [1.54, 1.807) is 6.92 Å². The predicted octanol–water partition coefficient (Wildman–Crippen LogP) is -0.0132. The smallest absolute Gasteiger partial charge is 0.387 e. The van der Waals surface area contributed by atoms with Gasteiger partial charge in [-0.1, -0.05) is 13.8 Å². The number of nitrogen functional groups attached to an aromatic ring is 2. The zero-order chi connectivity index (χ0) is 31.9. The lowest BCUT2D eigenvalue weighted by atomic mass is 9.86. The molecule has 9 atom stereocenters. The van der Waals surface area contributed by atoms with E-state index < -0.39 is 61.9 Å². The van der Waals surface area contributed by atoms with Gasteiger partial charge in [0.2, 0.25) is 5.95 Å². The minimum Gasteiger partial charge on any atom is -0.387 e. The molecule has 43 heavy (non-hydrogen) atoms. The van der Waals surface area contributed by atoms with Gasteiger partial charge in [0.15, 0.2) is 35.0 Å². The van der Waals surface area contributed by atoms with Crippen molar-refractivity contribution in [2.45, 2.75) is 63.2 Å². The van der Waals surface area contributed by atoms with Gasteiger partial charge in [-0.25, -0.2) is 28.9 Å². The Kier molecular flexibility index (Phi) is 9.49. The Morgan fingerprint density at radius 3 is 2.40 bits per heavy atom. The number of rotatable bonds is 13. The lowest BCUT2D eigenvalue weighted by molar-refractivity contribution is -0.113. The van der Waals surface area contributed by atoms with E-state index in [1.807, 2.05) is 0 Å². The van der Waals surface area contributed by atoms with E-state index in [0.717, 1.165) is 10.9 Å². The van der Waals surface area contributed by atoms with Gasteiger partial charge in [-0.2, -0.15) is 4.98 Å². The van der Waals surface area contributed by atoms with Crippen molar-refractivity contribution in [3.63, 3.8) is 0 Å². The van der Waals surface area contributed by atoms with E-state index in [9.17, 15) is 29.6 Å². The number of aliphatic hydroxyl groups is 3. The summed E-state index contributed by atoms with van der Waals surface area (Å²) in [7, 11) is -2.90. The van der Waals surface area contributed by atoms with Crippen molar-refractivity contribution in [3.8, 4) is 0 Å². The van der Waals surface area contributed by atoms with E-state index in [2.05, 4.69) is 39.1 Å². The minimum atomic E-state index is -5.10. The molecule has 21 heteroatoms. The van der Waals surface area contributed by atoms with Gasteiger partial charge in [-0.3, -0.25) is 28.0 Å². The number of H-pyrrole nitrogens is 1. The van der Waals surface area contributed by atoms with Crippen LogP contribution in [0.5, 0.6) is 0 Å². The molecule has 0 saturated carbocycles. The maximum absolute atomic E-state index is 15.6. The number of aromatic nitrogens is 8. The Morgan fingerprint density at radius 1 is 1.14 bits per heavy atom. The zero-order valence-electron chi connectivity index (χ0n) is 23.2. The first-order valence-electron chi connectivity index (χ1n) is 12.9. The monoisotopic (exact) mass is 646 g/mol. The number of aromatic amines is 1. The van der Waals surface area contributed by atoms with Crippen LogP contribution in [0.2, 0.25) is 0 Å². The largest absolute Gasteiger partial charge is 0.472 e. The molecule has 4 aromatic heterocycles. The fourth-order valence-electron chi connectivity index (χ4n) is 4.64. The van der Waals surface area contributed by atoms with Gasteiger partial charge >= 0.3 is 7.82 Å². The Labute approximate surface area is 245 Å². The third-order valence-corrected chi connectivity index (χ3v) is 8.24. The van der Waals surface area contributed by atoms with Crippen LogP contribution in [0, 0.1) is 5.92 Å². The number of imidazole rings is 2. The van der Waals surface area contributed by atoms with Crippen molar-refractivity contribution in [1.29, 1.82) is 0 Å². The highest BCUT2D eigenvalue weighted by Gasteiger charge is 2.43. The first kappa shape index (κ1) is 32.8. The maximum Gasteiger partial charge on any atom is 0.472 e. The van der Waals surface area contributed by atoms with Crippen molar-refractivity contribution in [3.05, 3.63) is 29.3 Å². The average Bonchev–Trinajstić information content (AvgIpc) is 3.56. The maximum atomic E-state index is 15.6. The zero-order valence-corrected chi connectivity index (χ0v) is 25.3. The van der Waals surface area contributed by atoms with Crippen LogP contribution in [0.4, 0.5) is 16.2 Å². The molecule has 0 radical (unpaired) electrons. The number of halogens is 1. The number of aliphatic hydroxyl groups excluding tert-OH is 2. The second-order valence-electron chi connectivity index (χ2n) is 10.2. The van der Waals surface area contributed by atoms with Crippen LogP contribution in [0.1, 0.15) is 39.6 Å². The Bertz CT molecular complexity index is 1700. The molecule has 0 fully saturated rings. The van der Waals surface area contributed by atoms with E-state index >= 15 is 4.39 Å². The summed E-state index contributed by atoms with van der Waals surface area (Å²) in [6.45, 7) is 3.55. The summed E-state index contributed by atoms with van der Waals surface area (Å²) in [6.07, 6.45) is -4.05. The topological polar surface area (TPSA) is 276 Å². The third-order valence-electron chi connectivity index (χ3n) is 6.90. The molecule has 4 rings (SSSR count). The summed E-state index contributed by atoms with van der Waals surface area (Å²) >= 11 is 0. The minimum absolute atomic E-state index is 0.0851. The van der Waals surface area contributed by atoms with E-state index in [4.69, 9.17) is 20.5 Å². The first-order chi connectivity index (χ1) is 20.1. The molecule has 0 amide bonds. The van der Waals surface area contributed by atoms with Gasteiger partial charge in [-0.05, 0) is 13.3 Å². The lowest BCUT2D eigenvalue weighted by Crippen LogP contribution is -2.44. The predicted molar refractivity (Wildman–Crippen MR) is 154 cm³/mol. The van der Waals surface area contributed by atoms with Crippen molar-refractivity contribution >= 4 is 51.2 Å². The van der Waals surface area contributed by atoms with Crippen LogP contribution < -0.4 is 17.0 Å². The summed E-state index contributed by atoms with van der Waals surface area (Å²) in [5, 5.41) is 33.0. The molecule has 9 unspecified atom stereocenters. The number of nitrogens with one attached hydrogen (secondary N) is 1. The van der Waals surface area contributed by atoms with Crippen molar-refractivity contribution in [2.24, 2.45) is 5.92 Å². The van der Waals surface area contributed by atoms with Crippen molar-refractivity contribution < 1.29 is 38.2 Å². The first-order valence-corrected chi connectivity index (χ1v) is 15.0. The fraction of sp³-hybridized carbons (Fsp3) is 0.545. The molecule has 9 N–H and O–H groups in total. The number of phosphoric acid groups is 1. The van der Waals surface area contributed by atoms with Crippen LogP contribution in [0.25, 0.3) is 22.3 Å². The summed E-state index contributed by atoms with van der Waals surface area (Å²) < 4.78 is 40.9. The van der Waals surface area contributed by atoms with E-state index in [0.29, 0.717) is 0 Å². The quantitative estimate of drug-likeness (QED) is 0.0941. The summed E-state index contributed by atoms with van der Waals surface area (Å²) in [4.78, 5) is 44.4. The Balaban J connectivity index is 1.49. The van der Waals surface area contributed by atoms with Crippen LogP contribution >= 0.6 is 17.1 Å². The molecule has 0 saturated heterocycles. The van der Waals surface area contributed by atoms with Crippen LogP contribution in [0.3, 0.4) is 0 Å². The molecule has 0 bridgehead atoms. The second-order valence-corrected chi connectivity index (χ2v) is 12.6. The molecule has 0 aliphatic carbocycles. The molecule has 0 aromatic carbocycles. The number of nitrogens with two attached hydrogens (primary N) is 2. The Hall–Kier alpha value is -3.15. The number of phosphoric ester groups is 1. The van der Waals surface area contributed by atoms with Crippen molar-refractivity contribution in [2.75, 3.05) is 18.1 Å². The standard InChI is InChI=1S/C22H33FN10O8P2/c1-4-10(19(35)32-7-28-12-15(24)26-6-27-16(12)32)22(3,37)5-40-43(38,39)41-14(9(2)42)11(23)20(36)33-8-29-13-17(33)30-21(25)31-18(13)34/h6-11,14,19-20,35-37H,4-5,42H2,1-3H3,(H,38,39)(H2,24,26,27)(H3,25,30,31,34). The van der Waals surface area contributed by atoms with Crippen LogP contribution in [-0.2, 0) is 13.6 Å². The number of alkyl halides is 1. The highest BCUT2D eigenvalue weighted by molar-refractivity contribution is 7.47. The van der Waals surface area contributed by atoms with E-state index in [-0.39, 0.29) is 40.5 Å². The Morgan fingerprint density at radius 2 is 1.77 bits per heavy atom. The molecular weight excluding hydrogens is 613 g/mol. The molecular formula is C22H33FN10O8P2. The van der Waals surface area contributed by atoms with Gasteiger partial charge < -0.3 is 31.7 Å². The highest BCUT2D eigenvalue weighted by atomic mass is 31.2. The number of anilines is 2. The molecule has 0 spiro atoms. The van der Waals surface area contributed by atoms with Crippen molar-refractivity contribution in [1.82, 2.24) is 39.0 Å². The van der Waals surface area contributed by atoms with Gasteiger partial charge in [0.1, 0.15) is 24.2 Å². The normalized spacial score (nSPS) is 19.4. The van der Waals surface area contributed by atoms with Gasteiger partial charge in [0, 0.05) is 11.6 Å². The number of fused-ring (bicyclic) bond motifs is 2. The molecule has 236 valence electrons. The van der Waals surface area contributed by atoms with E-state index in [1.165, 1.54) is 31.1 Å². The highest BCUT2D eigenvalue weighted by Crippen LogP contribution is 2.48. The van der Waals surface area contributed by atoms with Gasteiger partial charge in [0.25, 0.3) is 5.56 Å². The second kappa shape index (κ2) is 12.5. The summed E-state index contributed by atoms with van der Waals surface area (Å²) in [6, 6.07) is 0. The molecule has 4 heterocycles. The average molecular weight is 647 g/mol. The summed E-state index contributed by atoms with van der Waals surface area (Å²) in [5.41, 5.74) is 7.82. The number of hydrogen-bond acceptors (Lipinski definition) is 14. The van der Waals surface area contributed by atoms with Gasteiger partial charge in [0.05, 0.1) is 24.9 Å².